The highest BCUT2D eigenvalue weighted by Gasteiger charge is 2.40. The Morgan fingerprint density at radius 3 is 2.12 bits per heavy atom. The van der Waals surface area contributed by atoms with Gasteiger partial charge in [0.2, 0.25) is 0 Å². The highest BCUT2D eigenvalue weighted by atomic mass is 35.5. The summed E-state index contributed by atoms with van der Waals surface area (Å²) in [5.41, 5.74) is -0.649. The molecule has 0 radical (unpaired) electrons. The molecule has 0 saturated carbocycles. The van der Waals surface area contributed by atoms with Gasteiger partial charge < -0.3 is 5.11 Å². The van der Waals surface area contributed by atoms with Gasteiger partial charge in [-0.3, -0.25) is 4.79 Å². The third-order valence-corrected chi connectivity index (χ3v) is 2.32. The molecular formula is C11H8ClF3O2. The molecule has 1 aromatic rings. The quantitative estimate of drug-likeness (QED) is 0.652. The van der Waals surface area contributed by atoms with Gasteiger partial charge in [0.15, 0.2) is 0 Å². The van der Waals surface area contributed by atoms with Gasteiger partial charge in [-0.15, -0.1) is 0 Å². The first-order chi connectivity index (χ1) is 7.73. The predicted molar refractivity (Wildman–Crippen MR) is 57.7 cm³/mol. The first-order valence-electron chi connectivity index (χ1n) is 4.51. The Kier molecular flexibility index (Phi) is 3.83. The summed E-state index contributed by atoms with van der Waals surface area (Å²) in [6.45, 7) is 0.916. The molecule has 0 aromatic heterocycles. The third kappa shape index (κ3) is 3.23. The maximum Gasteiger partial charge on any atom is 0.454 e. The fourth-order valence-corrected chi connectivity index (χ4v) is 1.27. The number of hydrogen-bond donors (Lipinski definition) is 1. The van der Waals surface area contributed by atoms with Crippen LogP contribution < -0.4 is 0 Å². The van der Waals surface area contributed by atoms with Crippen LogP contribution >= 0.6 is 11.6 Å². The number of carbonyl (C=O) groups is 1. The number of carbonyl (C=O) groups excluding carboxylic acids is 1. The molecule has 1 aromatic carbocycles. The minimum atomic E-state index is -5.00. The minimum absolute atomic E-state index is 0.101. The van der Waals surface area contributed by atoms with Crippen molar-refractivity contribution in [1.29, 1.82) is 0 Å². The van der Waals surface area contributed by atoms with Crippen molar-refractivity contribution in [2.75, 3.05) is 0 Å². The van der Waals surface area contributed by atoms with Gasteiger partial charge in [-0.2, -0.15) is 13.2 Å². The Labute approximate surface area is 100 Å². The van der Waals surface area contributed by atoms with Crippen LogP contribution in [0.4, 0.5) is 13.2 Å². The molecule has 0 atom stereocenters. The van der Waals surface area contributed by atoms with Crippen molar-refractivity contribution in [3.8, 4) is 0 Å². The minimum Gasteiger partial charge on any atom is -0.507 e. The van der Waals surface area contributed by atoms with Gasteiger partial charge in [0.05, 0.1) is 0 Å². The normalized spacial score (nSPS) is 13.2. The number of aliphatic hydroxyl groups excluding tert-OH is 1. The summed E-state index contributed by atoms with van der Waals surface area (Å²) < 4.78 is 36.4. The average molecular weight is 265 g/mol. The van der Waals surface area contributed by atoms with Crippen LogP contribution in [0.2, 0.25) is 5.02 Å². The van der Waals surface area contributed by atoms with E-state index in [0.717, 1.165) is 6.92 Å². The van der Waals surface area contributed by atoms with Crippen LogP contribution in [0.15, 0.2) is 29.8 Å². The van der Waals surface area contributed by atoms with E-state index in [9.17, 15) is 23.1 Å². The Balaban J connectivity index is 3.14. The molecule has 0 unspecified atom stereocenters. The molecule has 0 spiro atoms. The van der Waals surface area contributed by atoms with Crippen LogP contribution in [-0.2, 0) is 4.79 Å². The van der Waals surface area contributed by atoms with Crippen LogP contribution in [0.25, 0.3) is 5.76 Å². The van der Waals surface area contributed by atoms with E-state index in [1.807, 2.05) is 0 Å². The second-order valence-corrected chi connectivity index (χ2v) is 3.74. The number of Topliss-reactive ketones (excluding diaryl/α,β-unsaturated/α-hetero) is 1. The Hall–Kier alpha value is -1.49. The molecule has 92 valence electrons. The number of alkyl halides is 3. The van der Waals surface area contributed by atoms with Gasteiger partial charge in [0, 0.05) is 16.2 Å². The van der Waals surface area contributed by atoms with Crippen molar-refractivity contribution in [1.82, 2.24) is 0 Å². The Bertz CT molecular complexity index is 461. The number of halogens is 4. The summed E-state index contributed by atoms with van der Waals surface area (Å²) in [5, 5.41) is 9.91. The summed E-state index contributed by atoms with van der Waals surface area (Å²) in [4.78, 5) is 10.9. The van der Waals surface area contributed by atoms with E-state index in [0.29, 0.717) is 5.02 Å². The second-order valence-electron chi connectivity index (χ2n) is 3.31. The number of benzene rings is 1. The molecule has 2 nitrogen and oxygen atoms in total. The van der Waals surface area contributed by atoms with E-state index in [1.54, 1.807) is 0 Å². The first-order valence-corrected chi connectivity index (χ1v) is 4.88. The predicted octanol–water partition coefficient (Wildman–Crippen LogP) is 3.76. The van der Waals surface area contributed by atoms with Crippen LogP contribution in [0.3, 0.4) is 0 Å². The molecular weight excluding hydrogens is 257 g/mol. The van der Waals surface area contributed by atoms with Crippen molar-refractivity contribution >= 4 is 23.1 Å². The number of rotatable bonds is 2. The smallest absolute Gasteiger partial charge is 0.454 e. The van der Waals surface area contributed by atoms with Crippen LogP contribution in [0.1, 0.15) is 12.5 Å². The van der Waals surface area contributed by atoms with Crippen molar-refractivity contribution < 1.29 is 23.1 Å². The molecule has 0 aliphatic carbocycles. The summed E-state index contributed by atoms with van der Waals surface area (Å²) >= 11 is 5.59. The van der Waals surface area contributed by atoms with Gasteiger partial charge >= 0.3 is 6.18 Å². The first kappa shape index (κ1) is 13.6. The highest BCUT2D eigenvalue weighted by Crippen LogP contribution is 2.25. The van der Waals surface area contributed by atoms with Gasteiger partial charge in [0.1, 0.15) is 5.76 Å². The summed E-state index contributed by atoms with van der Waals surface area (Å²) in [6.07, 6.45) is -5.00. The fraction of sp³-hybridized carbons (Fsp3) is 0.182. The van der Waals surface area contributed by atoms with Gasteiger partial charge in [-0.25, -0.2) is 0 Å². The molecule has 1 rings (SSSR count). The maximum atomic E-state index is 12.1. The van der Waals surface area contributed by atoms with Crippen LogP contribution in [0, 0.1) is 0 Å². The SMILES string of the molecule is C/C(C(=O)C(F)(F)F)=C(/O)c1ccc(Cl)cc1. The molecule has 0 aliphatic heterocycles. The second kappa shape index (κ2) is 4.79. The van der Waals surface area contributed by atoms with Crippen molar-refractivity contribution in [2.45, 2.75) is 13.1 Å². The van der Waals surface area contributed by atoms with Gasteiger partial charge in [-0.05, 0) is 31.2 Å². The van der Waals surface area contributed by atoms with Crippen molar-refractivity contribution in [3.63, 3.8) is 0 Å². The summed E-state index contributed by atoms with van der Waals surface area (Å²) in [5.74, 6) is -2.77. The van der Waals surface area contributed by atoms with Crippen LogP contribution in [0.5, 0.6) is 0 Å². The number of hydrogen-bond acceptors (Lipinski definition) is 2. The lowest BCUT2D eigenvalue weighted by atomic mass is 10.1. The maximum absolute atomic E-state index is 12.1. The topological polar surface area (TPSA) is 37.3 Å². The zero-order valence-corrected chi connectivity index (χ0v) is 9.43. The average Bonchev–Trinajstić information content (AvgIpc) is 2.26. The largest absolute Gasteiger partial charge is 0.507 e. The molecule has 0 aliphatic rings. The van der Waals surface area contributed by atoms with E-state index < -0.39 is 23.3 Å². The number of ketones is 1. The summed E-state index contributed by atoms with van der Waals surface area (Å²) in [6, 6.07) is 5.45. The molecule has 17 heavy (non-hydrogen) atoms. The Morgan fingerprint density at radius 1 is 1.24 bits per heavy atom. The molecule has 6 heteroatoms. The summed E-state index contributed by atoms with van der Waals surface area (Å²) in [7, 11) is 0. The van der Waals surface area contributed by atoms with E-state index in [4.69, 9.17) is 11.6 Å². The van der Waals surface area contributed by atoms with E-state index in [2.05, 4.69) is 0 Å². The van der Waals surface area contributed by atoms with Gasteiger partial charge in [-0.1, -0.05) is 11.6 Å². The molecule has 0 bridgehead atoms. The van der Waals surface area contributed by atoms with Crippen molar-refractivity contribution in [3.05, 3.63) is 40.4 Å². The Morgan fingerprint density at radius 2 is 1.71 bits per heavy atom. The van der Waals surface area contributed by atoms with E-state index in [-0.39, 0.29) is 5.56 Å². The van der Waals surface area contributed by atoms with E-state index in [1.165, 1.54) is 24.3 Å². The third-order valence-electron chi connectivity index (χ3n) is 2.07. The molecule has 0 amide bonds. The van der Waals surface area contributed by atoms with Gasteiger partial charge in [0.25, 0.3) is 5.78 Å². The number of allylic oxidation sites excluding steroid dienone is 1. The molecule has 0 saturated heterocycles. The van der Waals surface area contributed by atoms with Crippen molar-refractivity contribution in [2.24, 2.45) is 0 Å². The molecule has 0 heterocycles. The van der Waals surface area contributed by atoms with Crippen LogP contribution in [-0.4, -0.2) is 17.1 Å². The van der Waals surface area contributed by atoms with E-state index >= 15 is 0 Å². The zero-order valence-electron chi connectivity index (χ0n) is 8.68. The molecule has 1 N–H and O–H groups in total. The monoisotopic (exact) mass is 264 g/mol. The highest BCUT2D eigenvalue weighted by molar-refractivity contribution is 6.30. The lowest BCUT2D eigenvalue weighted by Crippen LogP contribution is -2.24. The fourth-order valence-electron chi connectivity index (χ4n) is 1.14. The molecule has 0 fully saturated rings. The standard InChI is InChI=1S/C11H8ClF3O2/c1-6(10(17)11(13,14)15)9(16)7-2-4-8(12)5-3-7/h2-5,16H,1H3/b9-6-. The lowest BCUT2D eigenvalue weighted by Gasteiger charge is -2.08. The number of aliphatic hydroxyl groups is 1. The zero-order chi connectivity index (χ0) is 13.2. The lowest BCUT2D eigenvalue weighted by molar-refractivity contribution is -0.166.